The fourth-order valence-corrected chi connectivity index (χ4v) is 3.92. The molecule has 7 nitrogen and oxygen atoms in total. The summed E-state index contributed by atoms with van der Waals surface area (Å²) in [6.45, 7) is 0.865. The number of nitrogens with zero attached hydrogens (tertiary/aromatic N) is 4. The third-order valence-corrected chi connectivity index (χ3v) is 5.47. The van der Waals surface area contributed by atoms with E-state index in [1.54, 1.807) is 48.6 Å². The van der Waals surface area contributed by atoms with E-state index in [2.05, 4.69) is 10.2 Å². The summed E-state index contributed by atoms with van der Waals surface area (Å²) in [5.41, 5.74) is 0. The maximum atomic E-state index is 12.6. The summed E-state index contributed by atoms with van der Waals surface area (Å²) in [7, 11) is -1.93. The molecule has 1 atom stereocenters. The first-order chi connectivity index (χ1) is 10.1. The second-order valence-corrected chi connectivity index (χ2v) is 6.77. The molecule has 1 aromatic heterocycles. The fourth-order valence-electron chi connectivity index (χ4n) is 2.43. The van der Waals surface area contributed by atoms with Crippen molar-refractivity contribution in [3.05, 3.63) is 36.7 Å². The maximum Gasteiger partial charge on any atom is 0.243 e. The van der Waals surface area contributed by atoms with Crippen molar-refractivity contribution in [1.29, 1.82) is 0 Å². The molecule has 1 aliphatic heterocycles. The van der Waals surface area contributed by atoms with E-state index in [1.165, 1.54) is 4.31 Å². The van der Waals surface area contributed by atoms with Gasteiger partial charge in [0.15, 0.2) is 0 Å². The Morgan fingerprint density at radius 3 is 2.48 bits per heavy atom. The first-order valence-corrected chi connectivity index (χ1v) is 8.05. The summed E-state index contributed by atoms with van der Waals surface area (Å²) in [5.74, 6) is 0.633. The molecule has 1 fully saturated rings. The highest BCUT2D eigenvalue weighted by atomic mass is 32.2. The lowest BCUT2D eigenvalue weighted by Gasteiger charge is -2.16. The SMILES string of the molecule is COc1ccc(S(=O)(=O)N2CC[C@H](n3nccn3)C2)cc1. The number of methoxy groups -OCH3 is 1. The molecule has 0 bridgehead atoms. The van der Waals surface area contributed by atoms with Gasteiger partial charge >= 0.3 is 0 Å². The van der Waals surface area contributed by atoms with Gasteiger partial charge in [-0.1, -0.05) is 0 Å². The van der Waals surface area contributed by atoms with E-state index < -0.39 is 10.0 Å². The van der Waals surface area contributed by atoms with Crippen molar-refractivity contribution in [2.24, 2.45) is 0 Å². The average molecular weight is 308 g/mol. The Bertz CT molecular complexity index is 698. The lowest BCUT2D eigenvalue weighted by atomic mass is 10.3. The van der Waals surface area contributed by atoms with E-state index in [9.17, 15) is 8.42 Å². The molecule has 0 amide bonds. The molecular weight excluding hydrogens is 292 g/mol. The van der Waals surface area contributed by atoms with E-state index in [0.29, 0.717) is 25.3 Å². The molecule has 0 aliphatic carbocycles. The third kappa shape index (κ3) is 2.64. The highest BCUT2D eigenvalue weighted by Gasteiger charge is 2.34. The summed E-state index contributed by atoms with van der Waals surface area (Å²) < 4.78 is 31.7. The summed E-state index contributed by atoms with van der Waals surface area (Å²) >= 11 is 0. The molecule has 0 saturated carbocycles. The Morgan fingerprint density at radius 2 is 1.86 bits per heavy atom. The van der Waals surface area contributed by atoms with Crippen LogP contribution in [0.2, 0.25) is 0 Å². The van der Waals surface area contributed by atoms with Crippen LogP contribution in [0.5, 0.6) is 5.75 Å². The second-order valence-electron chi connectivity index (χ2n) is 4.83. The predicted molar refractivity (Wildman–Crippen MR) is 75.4 cm³/mol. The fraction of sp³-hybridized carbons (Fsp3) is 0.385. The molecule has 8 heteroatoms. The molecule has 0 unspecified atom stereocenters. The zero-order valence-electron chi connectivity index (χ0n) is 11.6. The van der Waals surface area contributed by atoms with Crippen LogP contribution in [-0.4, -0.2) is 47.9 Å². The number of ether oxygens (including phenoxy) is 1. The number of rotatable bonds is 4. The minimum atomic E-state index is -3.48. The maximum absolute atomic E-state index is 12.6. The van der Waals surface area contributed by atoms with Gasteiger partial charge in [0, 0.05) is 13.1 Å². The molecule has 0 spiro atoms. The van der Waals surface area contributed by atoms with Gasteiger partial charge in [-0.25, -0.2) is 8.42 Å². The van der Waals surface area contributed by atoms with Gasteiger partial charge in [0.1, 0.15) is 5.75 Å². The minimum absolute atomic E-state index is 0.00646. The van der Waals surface area contributed by atoms with Crippen LogP contribution in [0.15, 0.2) is 41.6 Å². The Hall–Kier alpha value is -1.93. The molecule has 1 aromatic carbocycles. The second kappa shape index (κ2) is 5.45. The van der Waals surface area contributed by atoms with Crippen LogP contribution in [0, 0.1) is 0 Å². The summed E-state index contributed by atoms with van der Waals surface area (Å²) in [6.07, 6.45) is 3.91. The van der Waals surface area contributed by atoms with Gasteiger partial charge in [-0.3, -0.25) is 0 Å². The number of benzene rings is 1. The molecule has 112 valence electrons. The Balaban J connectivity index is 1.79. The highest BCUT2D eigenvalue weighted by molar-refractivity contribution is 7.89. The lowest BCUT2D eigenvalue weighted by Crippen LogP contribution is -2.29. The standard InChI is InChI=1S/C13H16N4O3S/c1-20-12-2-4-13(5-3-12)21(18,19)16-9-6-11(10-16)17-14-7-8-15-17/h2-5,7-8,11H,6,9-10H2,1H3/t11-/m0/s1. The smallest absolute Gasteiger partial charge is 0.243 e. The predicted octanol–water partition coefficient (Wildman–Crippen LogP) is 0.922. The van der Waals surface area contributed by atoms with Crippen molar-refractivity contribution in [3.8, 4) is 5.75 Å². The van der Waals surface area contributed by atoms with Gasteiger partial charge in [0.25, 0.3) is 0 Å². The van der Waals surface area contributed by atoms with Gasteiger partial charge in [-0.05, 0) is 30.7 Å². The normalized spacial score (nSPS) is 19.8. The van der Waals surface area contributed by atoms with Gasteiger partial charge in [-0.15, -0.1) is 0 Å². The molecule has 0 radical (unpaired) electrons. The first kappa shape index (κ1) is 14.0. The summed E-state index contributed by atoms with van der Waals surface area (Å²) in [4.78, 5) is 1.85. The van der Waals surface area contributed by atoms with Crippen molar-refractivity contribution >= 4 is 10.0 Å². The van der Waals surface area contributed by atoms with Crippen LogP contribution in [0.25, 0.3) is 0 Å². The lowest BCUT2D eigenvalue weighted by molar-refractivity contribution is 0.402. The number of aromatic nitrogens is 3. The molecule has 0 N–H and O–H groups in total. The van der Waals surface area contributed by atoms with Crippen molar-refractivity contribution in [2.45, 2.75) is 17.4 Å². The monoisotopic (exact) mass is 308 g/mol. The van der Waals surface area contributed by atoms with Crippen molar-refractivity contribution in [3.63, 3.8) is 0 Å². The van der Waals surface area contributed by atoms with Crippen LogP contribution < -0.4 is 4.74 Å². The summed E-state index contributed by atoms with van der Waals surface area (Å²) in [6, 6.07) is 6.42. The third-order valence-electron chi connectivity index (χ3n) is 3.59. The van der Waals surface area contributed by atoms with E-state index in [1.807, 2.05) is 0 Å². The first-order valence-electron chi connectivity index (χ1n) is 6.61. The molecule has 3 rings (SSSR count). The molecular formula is C13H16N4O3S. The Labute approximate surface area is 123 Å². The van der Waals surface area contributed by atoms with Crippen LogP contribution in [0.3, 0.4) is 0 Å². The van der Waals surface area contributed by atoms with Crippen LogP contribution in [-0.2, 0) is 10.0 Å². The van der Waals surface area contributed by atoms with Crippen LogP contribution >= 0.6 is 0 Å². The average Bonchev–Trinajstić information content (AvgIpc) is 3.18. The zero-order valence-corrected chi connectivity index (χ0v) is 12.4. The van der Waals surface area contributed by atoms with Crippen LogP contribution in [0.4, 0.5) is 0 Å². The minimum Gasteiger partial charge on any atom is -0.497 e. The summed E-state index contributed by atoms with van der Waals surface area (Å²) in [5, 5.41) is 8.16. The van der Waals surface area contributed by atoms with E-state index >= 15 is 0 Å². The Kier molecular flexibility index (Phi) is 3.64. The highest BCUT2D eigenvalue weighted by Crippen LogP contribution is 2.27. The largest absolute Gasteiger partial charge is 0.497 e. The molecule has 2 heterocycles. The van der Waals surface area contributed by atoms with Gasteiger partial charge in [0.05, 0.1) is 30.4 Å². The Morgan fingerprint density at radius 1 is 1.19 bits per heavy atom. The molecule has 2 aromatic rings. The van der Waals surface area contributed by atoms with Gasteiger partial charge in [0.2, 0.25) is 10.0 Å². The number of hydrogen-bond acceptors (Lipinski definition) is 5. The van der Waals surface area contributed by atoms with Gasteiger partial charge in [-0.2, -0.15) is 19.3 Å². The number of hydrogen-bond donors (Lipinski definition) is 0. The zero-order chi connectivity index (χ0) is 14.9. The van der Waals surface area contributed by atoms with E-state index in [4.69, 9.17) is 4.74 Å². The topological polar surface area (TPSA) is 77.3 Å². The van der Waals surface area contributed by atoms with Crippen molar-refractivity contribution in [1.82, 2.24) is 19.3 Å². The van der Waals surface area contributed by atoms with Gasteiger partial charge < -0.3 is 4.74 Å². The van der Waals surface area contributed by atoms with E-state index in [0.717, 1.165) is 0 Å². The van der Waals surface area contributed by atoms with Crippen LogP contribution in [0.1, 0.15) is 12.5 Å². The molecule has 1 saturated heterocycles. The molecule has 1 aliphatic rings. The van der Waals surface area contributed by atoms with E-state index in [-0.39, 0.29) is 10.9 Å². The van der Waals surface area contributed by atoms with Crippen molar-refractivity contribution in [2.75, 3.05) is 20.2 Å². The quantitative estimate of drug-likeness (QED) is 0.839. The number of sulfonamides is 1. The van der Waals surface area contributed by atoms with Crippen molar-refractivity contribution < 1.29 is 13.2 Å². The molecule has 21 heavy (non-hydrogen) atoms.